The molecule has 2 aliphatic carbocycles. The average Bonchev–Trinajstić information content (AvgIpc) is 3.37. The predicted octanol–water partition coefficient (Wildman–Crippen LogP) is 5.17. The van der Waals surface area contributed by atoms with Gasteiger partial charge in [-0.25, -0.2) is 0 Å². The molecular formula is C29H31F3N6O. The number of aromatic nitrogens is 5. The van der Waals surface area contributed by atoms with Crippen molar-refractivity contribution in [2.45, 2.75) is 63.2 Å². The molecule has 1 saturated heterocycles. The van der Waals surface area contributed by atoms with Crippen LogP contribution in [0.4, 0.5) is 13.2 Å². The Balaban J connectivity index is 1.33. The van der Waals surface area contributed by atoms with Crippen LogP contribution < -0.4 is 5.56 Å². The number of fused-ring (bicyclic) bond motifs is 2. The van der Waals surface area contributed by atoms with E-state index < -0.39 is 22.7 Å². The second kappa shape index (κ2) is 8.55. The van der Waals surface area contributed by atoms with Crippen molar-refractivity contribution in [3.8, 4) is 5.69 Å². The minimum Gasteiger partial charge on any atom is -0.353 e. The fourth-order valence-corrected chi connectivity index (χ4v) is 7.25. The van der Waals surface area contributed by atoms with Crippen molar-refractivity contribution in [1.82, 2.24) is 29.2 Å². The number of nitrogens with one attached hydrogen (secondary N) is 1. The fourth-order valence-electron chi connectivity index (χ4n) is 7.25. The summed E-state index contributed by atoms with van der Waals surface area (Å²) in [6.45, 7) is 3.63. The number of benzene rings is 1. The standard InChI is InChI=1S/C29H31F3N6O/c1-17-12-28(13-17,27-35-33-16-36(27)2)19-6-3-7-21(10-19)38-15-23(29(30,31)32)22-11-20(34-25(22)26(38)39)14-37-8-4-5-18-9-24(18)37/h3,6-7,10-11,15-18,24,34H,4-5,8-9,12-14H2,1-2H3/t17?,18-,24+,28?/m1/s1. The molecule has 10 heteroatoms. The first-order valence-electron chi connectivity index (χ1n) is 13.7. The van der Waals surface area contributed by atoms with Crippen LogP contribution in [0.25, 0.3) is 16.6 Å². The highest BCUT2D eigenvalue weighted by atomic mass is 19.4. The van der Waals surface area contributed by atoms with Gasteiger partial charge in [0.1, 0.15) is 17.7 Å². The second-order valence-electron chi connectivity index (χ2n) is 11.9. The lowest BCUT2D eigenvalue weighted by Crippen LogP contribution is -2.43. The zero-order valence-electron chi connectivity index (χ0n) is 22.0. The molecule has 0 unspecified atom stereocenters. The van der Waals surface area contributed by atoms with Gasteiger partial charge in [-0.15, -0.1) is 10.2 Å². The summed E-state index contributed by atoms with van der Waals surface area (Å²) >= 11 is 0. The molecule has 0 amide bonds. The van der Waals surface area contributed by atoms with Crippen LogP contribution in [0.3, 0.4) is 0 Å². The number of aryl methyl sites for hydroxylation is 1. The molecule has 4 aromatic rings. The number of hydrogen-bond acceptors (Lipinski definition) is 4. The molecular weight excluding hydrogens is 505 g/mol. The van der Waals surface area contributed by atoms with Crippen molar-refractivity contribution in [3.63, 3.8) is 0 Å². The molecule has 7 nitrogen and oxygen atoms in total. The molecule has 0 radical (unpaired) electrons. The van der Waals surface area contributed by atoms with Gasteiger partial charge in [0, 0.05) is 42.6 Å². The van der Waals surface area contributed by atoms with Gasteiger partial charge in [0.15, 0.2) is 0 Å². The summed E-state index contributed by atoms with van der Waals surface area (Å²) in [7, 11) is 1.90. The molecule has 1 N–H and O–H groups in total. The number of hydrogen-bond donors (Lipinski definition) is 1. The zero-order chi connectivity index (χ0) is 27.1. The van der Waals surface area contributed by atoms with Gasteiger partial charge < -0.3 is 9.55 Å². The molecule has 204 valence electrons. The Hall–Kier alpha value is -3.40. The number of piperidine rings is 1. The Morgan fingerprint density at radius 1 is 1.21 bits per heavy atom. The third-order valence-corrected chi connectivity index (χ3v) is 9.12. The molecule has 3 aliphatic rings. The number of rotatable bonds is 5. The van der Waals surface area contributed by atoms with Gasteiger partial charge in [-0.1, -0.05) is 19.1 Å². The third kappa shape index (κ3) is 3.94. The van der Waals surface area contributed by atoms with E-state index in [2.05, 4.69) is 27.0 Å². The third-order valence-electron chi connectivity index (χ3n) is 9.12. The highest BCUT2D eigenvalue weighted by Gasteiger charge is 2.48. The molecule has 0 spiro atoms. The predicted molar refractivity (Wildman–Crippen MR) is 141 cm³/mol. The Bertz CT molecular complexity index is 1630. The van der Waals surface area contributed by atoms with Crippen LogP contribution in [0.2, 0.25) is 0 Å². The Kier molecular flexibility index (Phi) is 5.40. The summed E-state index contributed by atoms with van der Waals surface area (Å²) in [5.41, 5.74) is 0.277. The van der Waals surface area contributed by atoms with Gasteiger partial charge in [0.25, 0.3) is 5.56 Å². The smallest absolute Gasteiger partial charge is 0.353 e. The van der Waals surface area contributed by atoms with Gasteiger partial charge in [-0.2, -0.15) is 13.2 Å². The maximum atomic E-state index is 14.3. The summed E-state index contributed by atoms with van der Waals surface area (Å²) in [6, 6.07) is 9.33. The maximum absolute atomic E-state index is 14.3. The zero-order valence-corrected chi connectivity index (χ0v) is 22.0. The van der Waals surface area contributed by atoms with E-state index in [0.29, 0.717) is 35.8 Å². The number of alkyl halides is 3. The molecule has 4 heterocycles. The summed E-state index contributed by atoms with van der Waals surface area (Å²) < 4.78 is 46.0. The first-order chi connectivity index (χ1) is 18.6. The van der Waals surface area contributed by atoms with E-state index in [0.717, 1.165) is 54.4 Å². The van der Waals surface area contributed by atoms with Crippen LogP contribution in [0.1, 0.15) is 61.7 Å². The molecule has 0 bridgehead atoms. The topological polar surface area (TPSA) is 71.7 Å². The summed E-state index contributed by atoms with van der Waals surface area (Å²) in [5.74, 6) is 2.01. The minimum atomic E-state index is -4.61. The van der Waals surface area contributed by atoms with E-state index in [1.165, 1.54) is 12.5 Å². The first kappa shape index (κ1) is 24.6. The van der Waals surface area contributed by atoms with E-state index in [9.17, 15) is 18.0 Å². The molecule has 2 atom stereocenters. The number of pyridine rings is 1. The Labute approximate surface area is 223 Å². The van der Waals surface area contributed by atoms with Crippen molar-refractivity contribution < 1.29 is 13.2 Å². The van der Waals surface area contributed by atoms with Crippen molar-refractivity contribution >= 4 is 10.9 Å². The van der Waals surface area contributed by atoms with Crippen LogP contribution in [0.5, 0.6) is 0 Å². The number of nitrogens with zero attached hydrogens (tertiary/aromatic N) is 5. The Morgan fingerprint density at radius 3 is 2.74 bits per heavy atom. The number of aromatic amines is 1. The van der Waals surface area contributed by atoms with Crippen LogP contribution in [-0.4, -0.2) is 41.8 Å². The summed E-state index contributed by atoms with van der Waals surface area (Å²) in [6.07, 6.45) is 3.20. The van der Waals surface area contributed by atoms with Gasteiger partial charge in [-0.05, 0) is 74.2 Å². The number of halogens is 3. The largest absolute Gasteiger partial charge is 0.418 e. The van der Waals surface area contributed by atoms with Gasteiger partial charge >= 0.3 is 6.18 Å². The highest BCUT2D eigenvalue weighted by molar-refractivity contribution is 5.84. The molecule has 1 aromatic carbocycles. The lowest BCUT2D eigenvalue weighted by molar-refractivity contribution is -0.136. The van der Waals surface area contributed by atoms with Crippen LogP contribution in [0, 0.1) is 11.8 Å². The molecule has 1 aliphatic heterocycles. The molecule has 7 rings (SSSR count). The average molecular weight is 537 g/mol. The second-order valence-corrected chi connectivity index (χ2v) is 11.9. The van der Waals surface area contributed by atoms with E-state index >= 15 is 0 Å². The SMILES string of the molecule is CC1CC(c2cccc(-n3cc(C(F)(F)F)c4cc(CN5CCC[C@@H]6C[C@@H]65)[nH]c4c3=O)c2)(c2nncn2C)C1. The van der Waals surface area contributed by atoms with E-state index in [1.807, 2.05) is 23.7 Å². The lowest BCUT2D eigenvalue weighted by Gasteiger charge is -2.46. The lowest BCUT2D eigenvalue weighted by atomic mass is 9.58. The quantitative estimate of drug-likeness (QED) is 0.382. The molecule has 3 fully saturated rings. The number of H-pyrrole nitrogens is 1. The fraction of sp³-hybridized carbons (Fsp3) is 0.483. The normalized spacial score (nSPS) is 26.9. The summed E-state index contributed by atoms with van der Waals surface area (Å²) in [5, 5.41) is 8.37. The van der Waals surface area contributed by atoms with Crippen LogP contribution in [-0.2, 0) is 25.2 Å². The van der Waals surface area contributed by atoms with Gasteiger partial charge in [-0.3, -0.25) is 14.3 Å². The highest BCUT2D eigenvalue weighted by Crippen LogP contribution is 2.51. The number of likely N-dealkylation sites (tertiary alicyclic amines) is 1. The van der Waals surface area contributed by atoms with Gasteiger partial charge in [0.2, 0.25) is 0 Å². The maximum Gasteiger partial charge on any atom is 0.418 e. The first-order valence-corrected chi connectivity index (χ1v) is 13.7. The Morgan fingerprint density at radius 2 is 2.03 bits per heavy atom. The van der Waals surface area contributed by atoms with E-state index in [1.54, 1.807) is 18.5 Å². The van der Waals surface area contributed by atoms with Crippen molar-refractivity contribution in [2.75, 3.05) is 6.54 Å². The van der Waals surface area contributed by atoms with Crippen LogP contribution >= 0.6 is 0 Å². The molecule has 3 aromatic heterocycles. The van der Waals surface area contributed by atoms with E-state index in [-0.39, 0.29) is 10.9 Å². The van der Waals surface area contributed by atoms with Gasteiger partial charge in [0.05, 0.1) is 11.0 Å². The molecule has 39 heavy (non-hydrogen) atoms. The van der Waals surface area contributed by atoms with Crippen molar-refractivity contribution in [1.29, 1.82) is 0 Å². The molecule has 2 saturated carbocycles. The van der Waals surface area contributed by atoms with E-state index in [4.69, 9.17) is 0 Å². The van der Waals surface area contributed by atoms with Crippen LogP contribution in [0.15, 0.2) is 47.7 Å². The monoisotopic (exact) mass is 536 g/mol. The van der Waals surface area contributed by atoms with Crippen molar-refractivity contribution in [2.24, 2.45) is 18.9 Å². The summed E-state index contributed by atoms with van der Waals surface area (Å²) in [4.78, 5) is 19.1. The minimum absolute atomic E-state index is 0.00475. The van der Waals surface area contributed by atoms with Crippen molar-refractivity contribution in [3.05, 3.63) is 75.9 Å².